The zero-order chi connectivity index (χ0) is 17.9. The highest BCUT2D eigenvalue weighted by molar-refractivity contribution is 5.55. The number of aromatic nitrogens is 3. The summed E-state index contributed by atoms with van der Waals surface area (Å²) < 4.78 is 5.42. The Morgan fingerprint density at radius 1 is 1.15 bits per heavy atom. The standard InChI is InChI=1S/C20H23N5O/c1-24(2)17-10-11-25(14-17)19-9-8-16(13-21-19)20-22-18(23-26-20)12-15-6-4-3-5-7-15/h3-9,13,17H,10-12,14H2,1-2H3/t17-/m1/s1. The van der Waals surface area contributed by atoms with Gasteiger partial charge in [-0.15, -0.1) is 0 Å². The van der Waals surface area contributed by atoms with Crippen molar-refractivity contribution in [2.75, 3.05) is 32.1 Å². The molecule has 0 bridgehead atoms. The molecule has 6 nitrogen and oxygen atoms in total. The van der Waals surface area contributed by atoms with Crippen molar-refractivity contribution < 1.29 is 4.52 Å². The molecule has 6 heteroatoms. The minimum atomic E-state index is 0.516. The van der Waals surface area contributed by atoms with E-state index in [1.54, 1.807) is 0 Å². The molecule has 1 aromatic carbocycles. The second kappa shape index (κ2) is 7.25. The summed E-state index contributed by atoms with van der Waals surface area (Å²) in [5.74, 6) is 2.20. The predicted octanol–water partition coefficient (Wildman–Crippen LogP) is 2.86. The molecular weight excluding hydrogens is 326 g/mol. The van der Waals surface area contributed by atoms with E-state index in [2.05, 4.69) is 51.2 Å². The quantitative estimate of drug-likeness (QED) is 0.706. The van der Waals surface area contributed by atoms with Gasteiger partial charge in [-0.3, -0.25) is 0 Å². The van der Waals surface area contributed by atoms with Crippen LogP contribution in [0, 0.1) is 0 Å². The van der Waals surface area contributed by atoms with Crippen molar-refractivity contribution in [1.29, 1.82) is 0 Å². The molecule has 1 atom stereocenters. The molecule has 1 aliphatic rings. The Morgan fingerprint density at radius 2 is 2.00 bits per heavy atom. The van der Waals surface area contributed by atoms with E-state index in [4.69, 9.17) is 4.52 Å². The summed E-state index contributed by atoms with van der Waals surface area (Å²) in [6.45, 7) is 2.05. The minimum Gasteiger partial charge on any atom is -0.355 e. The third-order valence-corrected chi connectivity index (χ3v) is 4.89. The summed E-state index contributed by atoms with van der Waals surface area (Å²) in [5, 5.41) is 4.09. The lowest BCUT2D eigenvalue weighted by Crippen LogP contribution is -2.31. The Balaban J connectivity index is 1.44. The van der Waals surface area contributed by atoms with Gasteiger partial charge < -0.3 is 14.3 Å². The number of hydrogen-bond donors (Lipinski definition) is 0. The van der Waals surface area contributed by atoms with Crippen LogP contribution in [0.3, 0.4) is 0 Å². The smallest absolute Gasteiger partial charge is 0.259 e. The number of nitrogens with zero attached hydrogens (tertiary/aromatic N) is 5. The molecule has 2 aromatic heterocycles. The van der Waals surface area contributed by atoms with Gasteiger partial charge in [0, 0.05) is 31.7 Å². The molecule has 0 unspecified atom stereocenters. The molecule has 1 saturated heterocycles. The van der Waals surface area contributed by atoms with E-state index < -0.39 is 0 Å². The van der Waals surface area contributed by atoms with Gasteiger partial charge >= 0.3 is 0 Å². The Kier molecular flexibility index (Phi) is 4.67. The number of likely N-dealkylation sites (N-methyl/N-ethyl adjacent to an activating group) is 1. The molecule has 3 heterocycles. The third kappa shape index (κ3) is 3.60. The van der Waals surface area contributed by atoms with Gasteiger partial charge in [-0.05, 0) is 38.2 Å². The van der Waals surface area contributed by atoms with Crippen LogP contribution in [0.4, 0.5) is 5.82 Å². The van der Waals surface area contributed by atoms with Gasteiger partial charge in [-0.25, -0.2) is 4.98 Å². The molecule has 0 amide bonds. The average Bonchev–Trinajstić information content (AvgIpc) is 3.32. The van der Waals surface area contributed by atoms with Crippen LogP contribution in [0.1, 0.15) is 17.8 Å². The normalized spacial score (nSPS) is 17.2. The van der Waals surface area contributed by atoms with Crippen LogP contribution in [-0.4, -0.2) is 53.3 Å². The molecule has 134 valence electrons. The number of hydrogen-bond acceptors (Lipinski definition) is 6. The first-order valence-electron chi connectivity index (χ1n) is 8.93. The van der Waals surface area contributed by atoms with Crippen molar-refractivity contribution in [3.63, 3.8) is 0 Å². The molecule has 1 fully saturated rings. The zero-order valence-corrected chi connectivity index (χ0v) is 15.2. The molecule has 26 heavy (non-hydrogen) atoms. The van der Waals surface area contributed by atoms with Crippen molar-refractivity contribution in [2.45, 2.75) is 18.9 Å². The van der Waals surface area contributed by atoms with E-state index in [1.807, 2.05) is 36.5 Å². The molecule has 0 spiro atoms. The van der Waals surface area contributed by atoms with Gasteiger partial charge in [0.1, 0.15) is 5.82 Å². The molecule has 4 rings (SSSR count). The van der Waals surface area contributed by atoms with Crippen LogP contribution < -0.4 is 4.90 Å². The van der Waals surface area contributed by atoms with Crippen molar-refractivity contribution in [3.8, 4) is 11.5 Å². The van der Waals surface area contributed by atoms with Crippen molar-refractivity contribution >= 4 is 5.82 Å². The molecular formula is C20H23N5O. The van der Waals surface area contributed by atoms with E-state index in [-0.39, 0.29) is 0 Å². The maximum Gasteiger partial charge on any atom is 0.259 e. The second-order valence-electron chi connectivity index (χ2n) is 6.94. The van der Waals surface area contributed by atoms with E-state index in [1.165, 1.54) is 6.42 Å². The SMILES string of the molecule is CN(C)[C@@H]1CCN(c2ccc(-c3nc(Cc4ccccc4)no3)cn2)C1. The number of benzene rings is 1. The van der Waals surface area contributed by atoms with E-state index >= 15 is 0 Å². The summed E-state index contributed by atoms with van der Waals surface area (Å²) in [7, 11) is 4.26. The first kappa shape index (κ1) is 16.7. The Hall–Kier alpha value is -2.73. The predicted molar refractivity (Wildman–Crippen MR) is 101 cm³/mol. The number of anilines is 1. The Labute approximate surface area is 153 Å². The molecule has 0 radical (unpaired) electrons. The lowest BCUT2D eigenvalue weighted by Gasteiger charge is -2.21. The van der Waals surface area contributed by atoms with Gasteiger partial charge in [-0.2, -0.15) is 4.98 Å². The van der Waals surface area contributed by atoms with E-state index in [0.717, 1.165) is 30.0 Å². The summed E-state index contributed by atoms with van der Waals surface area (Å²) in [5.41, 5.74) is 2.02. The van der Waals surface area contributed by atoms with Gasteiger partial charge in [0.2, 0.25) is 0 Å². The fourth-order valence-electron chi connectivity index (χ4n) is 3.29. The first-order chi connectivity index (χ1) is 12.7. The van der Waals surface area contributed by atoms with Crippen LogP contribution in [0.2, 0.25) is 0 Å². The first-order valence-corrected chi connectivity index (χ1v) is 8.93. The highest BCUT2D eigenvalue weighted by Crippen LogP contribution is 2.23. The van der Waals surface area contributed by atoms with Crippen LogP contribution in [0.25, 0.3) is 11.5 Å². The highest BCUT2D eigenvalue weighted by Gasteiger charge is 2.24. The lowest BCUT2D eigenvalue weighted by molar-refractivity contribution is 0.315. The topological polar surface area (TPSA) is 58.3 Å². The highest BCUT2D eigenvalue weighted by atomic mass is 16.5. The van der Waals surface area contributed by atoms with Crippen molar-refractivity contribution in [2.24, 2.45) is 0 Å². The summed E-state index contributed by atoms with van der Waals surface area (Å²) in [6, 6.07) is 14.8. The van der Waals surface area contributed by atoms with E-state index in [9.17, 15) is 0 Å². The monoisotopic (exact) mass is 349 g/mol. The zero-order valence-electron chi connectivity index (χ0n) is 15.2. The molecule has 3 aromatic rings. The molecule has 0 saturated carbocycles. The fourth-order valence-corrected chi connectivity index (χ4v) is 3.29. The third-order valence-electron chi connectivity index (χ3n) is 4.89. The van der Waals surface area contributed by atoms with Gasteiger partial charge in [0.05, 0.1) is 5.56 Å². The number of pyridine rings is 1. The van der Waals surface area contributed by atoms with Crippen molar-refractivity contribution in [1.82, 2.24) is 20.0 Å². The maximum absolute atomic E-state index is 5.42. The van der Waals surface area contributed by atoms with Gasteiger partial charge in [0.25, 0.3) is 5.89 Å². The average molecular weight is 349 g/mol. The van der Waals surface area contributed by atoms with Crippen LogP contribution in [0.5, 0.6) is 0 Å². The van der Waals surface area contributed by atoms with Crippen molar-refractivity contribution in [3.05, 3.63) is 60.0 Å². The molecule has 1 aliphatic heterocycles. The van der Waals surface area contributed by atoms with Gasteiger partial charge in [0.15, 0.2) is 5.82 Å². The Morgan fingerprint density at radius 3 is 2.69 bits per heavy atom. The van der Waals surface area contributed by atoms with E-state index in [0.29, 0.717) is 24.2 Å². The molecule has 0 N–H and O–H groups in total. The maximum atomic E-state index is 5.42. The summed E-state index contributed by atoms with van der Waals surface area (Å²) in [6.07, 6.45) is 3.65. The summed E-state index contributed by atoms with van der Waals surface area (Å²) >= 11 is 0. The largest absolute Gasteiger partial charge is 0.355 e. The summed E-state index contributed by atoms with van der Waals surface area (Å²) in [4.78, 5) is 13.7. The van der Waals surface area contributed by atoms with Crippen LogP contribution >= 0.6 is 0 Å². The minimum absolute atomic E-state index is 0.516. The van der Waals surface area contributed by atoms with Crippen LogP contribution in [-0.2, 0) is 6.42 Å². The number of rotatable bonds is 5. The van der Waals surface area contributed by atoms with Crippen LogP contribution in [0.15, 0.2) is 53.2 Å². The van der Waals surface area contributed by atoms with Gasteiger partial charge in [-0.1, -0.05) is 35.5 Å². The second-order valence-corrected chi connectivity index (χ2v) is 6.94. The molecule has 0 aliphatic carbocycles. The Bertz CT molecular complexity index is 844. The fraction of sp³-hybridized carbons (Fsp3) is 0.350. The lowest BCUT2D eigenvalue weighted by atomic mass is 10.1.